The molecule has 0 radical (unpaired) electrons. The Morgan fingerprint density at radius 3 is 2.10 bits per heavy atom. The van der Waals surface area contributed by atoms with Gasteiger partial charge in [-0.05, 0) is 17.7 Å². The van der Waals surface area contributed by atoms with Gasteiger partial charge in [0.15, 0.2) is 11.5 Å². The van der Waals surface area contributed by atoms with Crippen molar-refractivity contribution in [3.63, 3.8) is 0 Å². The number of fused-ring (bicyclic) bond motifs is 1. The summed E-state index contributed by atoms with van der Waals surface area (Å²) in [5.41, 5.74) is 3.59. The fourth-order valence-electron chi connectivity index (χ4n) is 4.01. The molecule has 158 valence electrons. The second-order valence-corrected chi connectivity index (χ2v) is 6.78. The molecule has 8 heteroatoms. The summed E-state index contributed by atoms with van der Waals surface area (Å²) in [6.45, 7) is 0.175. The molecule has 1 atom stereocenters. The summed E-state index contributed by atoms with van der Waals surface area (Å²) in [5.74, 6) is 1.85. The van der Waals surface area contributed by atoms with Crippen LogP contribution >= 0.6 is 0 Å². The Hall–Kier alpha value is -3.55. The molecule has 0 aliphatic carbocycles. The van der Waals surface area contributed by atoms with Gasteiger partial charge in [0, 0.05) is 29.3 Å². The van der Waals surface area contributed by atoms with Crippen LogP contribution in [-0.4, -0.2) is 48.1 Å². The molecule has 0 fully saturated rings. The number of cyclic esters (lactones) is 1. The van der Waals surface area contributed by atoms with E-state index in [1.165, 1.54) is 0 Å². The lowest BCUT2D eigenvalue weighted by molar-refractivity contribution is -0.136. The molecule has 8 nitrogen and oxygen atoms in total. The zero-order valence-corrected chi connectivity index (χ0v) is 17.5. The van der Waals surface area contributed by atoms with Crippen LogP contribution in [0.1, 0.15) is 17.0 Å². The van der Waals surface area contributed by atoms with Crippen molar-refractivity contribution in [2.75, 3.05) is 47.5 Å². The number of carbonyl (C=O) groups excluding carboxylic acids is 1. The summed E-state index contributed by atoms with van der Waals surface area (Å²) in [4.78, 5) is 12.7. The average Bonchev–Trinajstić information content (AvgIpc) is 3.15. The van der Waals surface area contributed by atoms with Gasteiger partial charge in [0.05, 0.1) is 46.8 Å². The highest BCUT2D eigenvalue weighted by molar-refractivity contribution is 5.98. The highest BCUT2D eigenvalue weighted by Gasteiger charge is 2.41. The number of hydrogen-bond acceptors (Lipinski definition) is 8. The van der Waals surface area contributed by atoms with E-state index in [4.69, 9.17) is 28.4 Å². The Morgan fingerprint density at radius 1 is 0.867 bits per heavy atom. The second-order valence-electron chi connectivity index (χ2n) is 6.78. The fraction of sp³-hybridized carbons (Fsp3) is 0.318. The number of benzene rings is 2. The first kappa shape index (κ1) is 19.8. The first-order valence-corrected chi connectivity index (χ1v) is 9.29. The molecule has 30 heavy (non-hydrogen) atoms. The maximum atomic E-state index is 12.7. The van der Waals surface area contributed by atoms with Gasteiger partial charge in [-0.25, -0.2) is 4.79 Å². The Morgan fingerprint density at radius 2 is 1.53 bits per heavy atom. The third-order valence-corrected chi connectivity index (χ3v) is 5.35. The molecule has 0 saturated carbocycles. The van der Waals surface area contributed by atoms with Gasteiger partial charge < -0.3 is 33.7 Å². The van der Waals surface area contributed by atoms with E-state index in [0.29, 0.717) is 40.0 Å². The minimum atomic E-state index is -0.458. The molecule has 2 aromatic carbocycles. The molecule has 2 heterocycles. The number of anilines is 1. The van der Waals surface area contributed by atoms with E-state index in [-0.39, 0.29) is 12.6 Å². The van der Waals surface area contributed by atoms with Gasteiger partial charge in [-0.1, -0.05) is 0 Å². The van der Waals surface area contributed by atoms with Crippen molar-refractivity contribution in [1.82, 2.24) is 0 Å². The highest BCUT2D eigenvalue weighted by Crippen LogP contribution is 2.51. The molecule has 0 aromatic heterocycles. The van der Waals surface area contributed by atoms with Crippen LogP contribution in [0.2, 0.25) is 0 Å². The minimum Gasteiger partial charge on any atom is -0.497 e. The lowest BCUT2D eigenvalue weighted by atomic mass is 9.80. The van der Waals surface area contributed by atoms with Gasteiger partial charge in [-0.3, -0.25) is 0 Å². The minimum absolute atomic E-state index is 0.175. The molecule has 4 rings (SSSR count). The van der Waals surface area contributed by atoms with Crippen LogP contribution in [0.3, 0.4) is 0 Å². The summed E-state index contributed by atoms with van der Waals surface area (Å²) < 4.78 is 32.9. The summed E-state index contributed by atoms with van der Waals surface area (Å²) in [5, 5.41) is 3.30. The van der Waals surface area contributed by atoms with Crippen LogP contribution in [0.5, 0.6) is 28.7 Å². The maximum absolute atomic E-state index is 12.7. The smallest absolute Gasteiger partial charge is 0.337 e. The molecule has 1 N–H and O–H groups in total. The fourth-order valence-corrected chi connectivity index (χ4v) is 4.01. The second kappa shape index (κ2) is 7.70. The Balaban J connectivity index is 2.00. The zero-order chi connectivity index (χ0) is 21.4. The third kappa shape index (κ3) is 2.96. The molecular weight excluding hydrogens is 390 g/mol. The highest BCUT2D eigenvalue weighted by atomic mass is 16.5. The van der Waals surface area contributed by atoms with E-state index < -0.39 is 5.92 Å². The normalized spacial score (nSPS) is 16.8. The van der Waals surface area contributed by atoms with Gasteiger partial charge in [-0.15, -0.1) is 0 Å². The summed E-state index contributed by atoms with van der Waals surface area (Å²) in [6, 6.07) is 7.33. The van der Waals surface area contributed by atoms with Crippen molar-refractivity contribution < 1.29 is 33.2 Å². The lowest BCUT2D eigenvalue weighted by Gasteiger charge is -2.30. The van der Waals surface area contributed by atoms with Gasteiger partial charge >= 0.3 is 5.97 Å². The first-order valence-electron chi connectivity index (χ1n) is 9.29. The predicted octanol–water partition coefficient (Wildman–Crippen LogP) is 3.10. The molecule has 0 unspecified atom stereocenters. The molecule has 2 aromatic rings. The lowest BCUT2D eigenvalue weighted by Crippen LogP contribution is -2.21. The van der Waals surface area contributed by atoms with E-state index in [0.717, 1.165) is 16.8 Å². The van der Waals surface area contributed by atoms with Crippen molar-refractivity contribution in [2.24, 2.45) is 0 Å². The van der Waals surface area contributed by atoms with E-state index in [9.17, 15) is 4.79 Å². The summed E-state index contributed by atoms with van der Waals surface area (Å²) in [7, 11) is 7.82. The van der Waals surface area contributed by atoms with Gasteiger partial charge in [0.2, 0.25) is 5.75 Å². The van der Waals surface area contributed by atoms with Crippen molar-refractivity contribution in [2.45, 2.75) is 5.92 Å². The number of nitrogens with one attached hydrogen (secondary N) is 1. The number of rotatable bonds is 6. The number of esters is 1. The molecule has 2 aliphatic rings. The third-order valence-electron chi connectivity index (χ3n) is 5.35. The van der Waals surface area contributed by atoms with E-state index in [1.807, 2.05) is 18.2 Å². The number of methoxy groups -OCH3 is 5. The number of hydrogen-bond donors (Lipinski definition) is 1. The molecule has 0 bridgehead atoms. The van der Waals surface area contributed by atoms with Crippen LogP contribution in [0.4, 0.5) is 5.69 Å². The van der Waals surface area contributed by atoms with E-state index in [1.54, 1.807) is 41.6 Å². The van der Waals surface area contributed by atoms with Crippen LogP contribution in [-0.2, 0) is 9.53 Å². The standard InChI is InChI=1S/C22H23NO7/c1-25-12-8-13-19(15(9-12)26-2)18(20-14(23-13)10-30-22(20)24)11-6-16(27-3)21(29-5)17(7-11)28-4/h6-9,18,23H,10H2,1-5H3/t18-/m0/s1. The number of carbonyl (C=O) groups is 1. The van der Waals surface area contributed by atoms with E-state index in [2.05, 4.69) is 5.32 Å². The molecular formula is C22H23NO7. The van der Waals surface area contributed by atoms with Crippen LogP contribution < -0.4 is 29.0 Å². The topological polar surface area (TPSA) is 84.5 Å². The van der Waals surface area contributed by atoms with Gasteiger partial charge in [-0.2, -0.15) is 0 Å². The predicted molar refractivity (Wildman–Crippen MR) is 109 cm³/mol. The van der Waals surface area contributed by atoms with Crippen molar-refractivity contribution in [3.8, 4) is 28.7 Å². The zero-order valence-electron chi connectivity index (χ0n) is 17.5. The molecule has 0 amide bonds. The Kier molecular flexibility index (Phi) is 5.07. The van der Waals surface area contributed by atoms with Crippen molar-refractivity contribution in [1.29, 1.82) is 0 Å². The quantitative estimate of drug-likeness (QED) is 0.724. The monoisotopic (exact) mass is 413 g/mol. The van der Waals surface area contributed by atoms with Crippen LogP contribution in [0, 0.1) is 0 Å². The molecule has 0 saturated heterocycles. The van der Waals surface area contributed by atoms with Crippen LogP contribution in [0.15, 0.2) is 35.5 Å². The maximum Gasteiger partial charge on any atom is 0.337 e. The molecule has 2 aliphatic heterocycles. The van der Waals surface area contributed by atoms with Gasteiger partial charge in [0.1, 0.15) is 18.1 Å². The SMILES string of the molecule is COc1cc2c(c(OC)c1)[C@H](c1cc(OC)c(OC)c(OC)c1)C1=C(COC1=O)N2. The average molecular weight is 413 g/mol. The van der Waals surface area contributed by atoms with Crippen molar-refractivity contribution in [3.05, 3.63) is 46.7 Å². The largest absolute Gasteiger partial charge is 0.497 e. The van der Waals surface area contributed by atoms with Crippen LogP contribution in [0.25, 0.3) is 0 Å². The number of ether oxygens (including phenoxy) is 6. The van der Waals surface area contributed by atoms with E-state index >= 15 is 0 Å². The first-order chi connectivity index (χ1) is 14.6. The Bertz CT molecular complexity index is 1020. The van der Waals surface area contributed by atoms with Crippen molar-refractivity contribution >= 4 is 11.7 Å². The molecule has 0 spiro atoms. The summed E-state index contributed by atoms with van der Waals surface area (Å²) >= 11 is 0. The van der Waals surface area contributed by atoms with Gasteiger partial charge in [0.25, 0.3) is 0 Å². The Labute approximate surface area is 174 Å². The summed E-state index contributed by atoms with van der Waals surface area (Å²) in [6.07, 6.45) is 0.